The summed E-state index contributed by atoms with van der Waals surface area (Å²) >= 11 is 12.5. The molecule has 2 aromatic rings. The van der Waals surface area contributed by atoms with Gasteiger partial charge in [-0.1, -0.05) is 27.5 Å². The summed E-state index contributed by atoms with van der Waals surface area (Å²) in [6, 6.07) is 11.9. The number of halogens is 3. The van der Waals surface area contributed by atoms with Crippen molar-refractivity contribution in [1.82, 2.24) is 0 Å². The van der Waals surface area contributed by atoms with Gasteiger partial charge in [-0.25, -0.2) is 4.79 Å². The van der Waals surface area contributed by atoms with Crippen molar-refractivity contribution in [3.8, 4) is 5.75 Å². The van der Waals surface area contributed by atoms with E-state index in [1.165, 1.54) is 0 Å². The van der Waals surface area contributed by atoms with E-state index in [0.29, 0.717) is 20.9 Å². The van der Waals surface area contributed by atoms with E-state index in [0.717, 1.165) is 4.47 Å². The lowest BCUT2D eigenvalue weighted by molar-refractivity contribution is -0.161. The third-order valence-corrected chi connectivity index (χ3v) is 4.62. The van der Waals surface area contributed by atoms with E-state index < -0.39 is 24.1 Å². The van der Waals surface area contributed by atoms with E-state index >= 15 is 0 Å². The summed E-state index contributed by atoms with van der Waals surface area (Å²) in [5.41, 5.74) is -0.683. The van der Waals surface area contributed by atoms with Crippen LogP contribution >= 0.6 is 43.5 Å². The zero-order valence-corrected chi connectivity index (χ0v) is 17.9. The first-order chi connectivity index (χ1) is 12.2. The van der Waals surface area contributed by atoms with Gasteiger partial charge in [-0.15, -0.1) is 0 Å². The standard InChI is InChI=1S/C18H16Br2ClNO4/c1-18(2,26-13-6-4-12(21)5-7-13)17(24)25-10-16(23)22-15-8-3-11(19)9-14(15)20/h3-9H,10H2,1-2H3,(H,22,23). The molecule has 0 radical (unpaired) electrons. The molecule has 1 N–H and O–H groups in total. The number of anilines is 1. The molecule has 1 amide bonds. The average Bonchev–Trinajstić information content (AvgIpc) is 2.57. The Hall–Kier alpha value is -1.57. The molecular formula is C18H16Br2ClNO4. The van der Waals surface area contributed by atoms with Crippen molar-refractivity contribution >= 4 is 61.0 Å². The number of nitrogens with one attached hydrogen (secondary N) is 1. The highest BCUT2D eigenvalue weighted by atomic mass is 79.9. The van der Waals surface area contributed by atoms with Gasteiger partial charge in [0.1, 0.15) is 5.75 Å². The first-order valence-electron chi connectivity index (χ1n) is 7.54. The Morgan fingerprint density at radius 2 is 1.77 bits per heavy atom. The van der Waals surface area contributed by atoms with Crippen LogP contribution in [-0.2, 0) is 14.3 Å². The summed E-state index contributed by atoms with van der Waals surface area (Å²) in [5, 5.41) is 3.22. The van der Waals surface area contributed by atoms with Crippen LogP contribution in [0.5, 0.6) is 5.75 Å². The predicted molar refractivity (Wildman–Crippen MR) is 108 cm³/mol. The minimum atomic E-state index is -1.26. The Balaban J connectivity index is 1.89. The number of ether oxygens (including phenoxy) is 2. The van der Waals surface area contributed by atoms with Crippen molar-refractivity contribution in [2.45, 2.75) is 19.4 Å². The molecule has 0 atom stereocenters. The zero-order valence-electron chi connectivity index (χ0n) is 14.0. The van der Waals surface area contributed by atoms with Crippen molar-refractivity contribution < 1.29 is 19.1 Å². The molecule has 138 valence electrons. The van der Waals surface area contributed by atoms with Crippen molar-refractivity contribution in [2.75, 3.05) is 11.9 Å². The van der Waals surface area contributed by atoms with Crippen LogP contribution in [0.4, 0.5) is 5.69 Å². The van der Waals surface area contributed by atoms with Gasteiger partial charge >= 0.3 is 5.97 Å². The van der Waals surface area contributed by atoms with Gasteiger partial charge in [0.05, 0.1) is 5.69 Å². The summed E-state index contributed by atoms with van der Waals surface area (Å²) < 4.78 is 12.3. The van der Waals surface area contributed by atoms with Gasteiger partial charge < -0.3 is 14.8 Å². The second-order valence-corrected chi connectivity index (χ2v) is 8.02. The lowest BCUT2D eigenvalue weighted by atomic mass is 10.1. The van der Waals surface area contributed by atoms with Crippen LogP contribution in [0, 0.1) is 0 Å². The Bertz CT molecular complexity index is 809. The number of hydrogen-bond acceptors (Lipinski definition) is 4. The normalized spacial score (nSPS) is 11.0. The molecule has 8 heteroatoms. The summed E-state index contributed by atoms with van der Waals surface area (Å²) in [7, 11) is 0. The summed E-state index contributed by atoms with van der Waals surface area (Å²) in [4.78, 5) is 24.2. The van der Waals surface area contributed by atoms with Gasteiger partial charge in [0, 0.05) is 14.0 Å². The first-order valence-corrected chi connectivity index (χ1v) is 9.50. The van der Waals surface area contributed by atoms with Gasteiger partial charge in [0.15, 0.2) is 12.2 Å². The van der Waals surface area contributed by atoms with Crippen LogP contribution in [0.1, 0.15) is 13.8 Å². The minimum absolute atomic E-state index is 0.422. The molecule has 0 saturated heterocycles. The van der Waals surface area contributed by atoms with E-state index in [4.69, 9.17) is 21.1 Å². The van der Waals surface area contributed by atoms with E-state index in [9.17, 15) is 9.59 Å². The lowest BCUT2D eigenvalue weighted by Gasteiger charge is -2.24. The van der Waals surface area contributed by atoms with Crippen LogP contribution in [0.15, 0.2) is 51.4 Å². The van der Waals surface area contributed by atoms with E-state index in [-0.39, 0.29) is 0 Å². The van der Waals surface area contributed by atoms with Crippen molar-refractivity contribution in [3.63, 3.8) is 0 Å². The largest absolute Gasteiger partial charge is 0.476 e. The highest BCUT2D eigenvalue weighted by Gasteiger charge is 2.32. The maximum Gasteiger partial charge on any atom is 0.350 e. The number of hydrogen-bond donors (Lipinski definition) is 1. The molecule has 0 aromatic heterocycles. The van der Waals surface area contributed by atoms with Gasteiger partial charge in [0.2, 0.25) is 0 Å². The van der Waals surface area contributed by atoms with Crippen LogP contribution in [0.3, 0.4) is 0 Å². The molecule has 0 aliphatic carbocycles. The molecule has 0 aliphatic rings. The number of benzene rings is 2. The molecule has 2 rings (SSSR count). The molecular weight excluding hydrogens is 489 g/mol. The predicted octanol–water partition coefficient (Wildman–Crippen LogP) is 5.20. The smallest absolute Gasteiger partial charge is 0.350 e. The van der Waals surface area contributed by atoms with Gasteiger partial charge in [-0.3, -0.25) is 4.79 Å². The first kappa shape index (κ1) is 20.7. The average molecular weight is 506 g/mol. The monoisotopic (exact) mass is 503 g/mol. The number of carbonyl (C=O) groups is 2. The Kier molecular flexibility index (Phi) is 7.08. The zero-order chi connectivity index (χ0) is 19.3. The highest BCUT2D eigenvalue weighted by molar-refractivity contribution is 9.11. The fourth-order valence-corrected chi connectivity index (χ4v) is 3.19. The maximum atomic E-state index is 12.2. The molecule has 5 nitrogen and oxygen atoms in total. The quantitative estimate of drug-likeness (QED) is 0.548. The molecule has 2 aromatic carbocycles. The topological polar surface area (TPSA) is 64.6 Å². The van der Waals surface area contributed by atoms with Crippen molar-refractivity contribution in [1.29, 1.82) is 0 Å². The molecule has 0 heterocycles. The van der Waals surface area contributed by atoms with Gasteiger partial charge in [-0.05, 0) is 72.2 Å². The number of esters is 1. The number of amides is 1. The van der Waals surface area contributed by atoms with Gasteiger partial charge in [-0.2, -0.15) is 0 Å². The fourth-order valence-electron chi connectivity index (χ4n) is 1.92. The molecule has 0 spiro atoms. The van der Waals surface area contributed by atoms with Crippen molar-refractivity contribution in [3.05, 3.63) is 56.4 Å². The molecule has 0 aliphatic heterocycles. The Labute approximate surface area is 173 Å². The Morgan fingerprint density at radius 3 is 2.38 bits per heavy atom. The molecule has 26 heavy (non-hydrogen) atoms. The van der Waals surface area contributed by atoms with Crippen LogP contribution in [0.25, 0.3) is 0 Å². The van der Waals surface area contributed by atoms with E-state index in [1.807, 2.05) is 0 Å². The summed E-state index contributed by atoms with van der Waals surface area (Å²) in [6.45, 7) is 2.70. The summed E-state index contributed by atoms with van der Waals surface area (Å²) in [6.07, 6.45) is 0. The second-order valence-electron chi connectivity index (χ2n) is 5.81. The second kappa shape index (κ2) is 8.88. The van der Waals surface area contributed by atoms with Crippen molar-refractivity contribution in [2.24, 2.45) is 0 Å². The molecule has 0 bridgehead atoms. The van der Waals surface area contributed by atoms with Crippen LogP contribution in [-0.4, -0.2) is 24.1 Å². The minimum Gasteiger partial charge on any atom is -0.476 e. The molecule has 0 unspecified atom stereocenters. The number of rotatable bonds is 6. The van der Waals surface area contributed by atoms with Crippen LogP contribution < -0.4 is 10.1 Å². The maximum absolute atomic E-state index is 12.2. The van der Waals surface area contributed by atoms with Crippen LogP contribution in [0.2, 0.25) is 5.02 Å². The molecule has 0 fully saturated rings. The van der Waals surface area contributed by atoms with E-state index in [2.05, 4.69) is 37.2 Å². The summed E-state index contributed by atoms with van der Waals surface area (Å²) in [5.74, 6) is -0.638. The van der Waals surface area contributed by atoms with Gasteiger partial charge in [0.25, 0.3) is 5.91 Å². The fraction of sp³-hybridized carbons (Fsp3) is 0.222. The third kappa shape index (κ3) is 6.00. The number of carbonyl (C=O) groups excluding carboxylic acids is 2. The lowest BCUT2D eigenvalue weighted by Crippen LogP contribution is -2.41. The highest BCUT2D eigenvalue weighted by Crippen LogP contribution is 2.26. The van der Waals surface area contributed by atoms with E-state index in [1.54, 1.807) is 56.3 Å². The Morgan fingerprint density at radius 1 is 1.12 bits per heavy atom. The SMILES string of the molecule is CC(C)(Oc1ccc(Cl)cc1)C(=O)OCC(=O)Nc1ccc(Br)cc1Br. The molecule has 0 saturated carbocycles. The third-order valence-electron chi connectivity index (χ3n) is 3.22.